The Kier molecular flexibility index (Phi) is 5.64. The highest BCUT2D eigenvalue weighted by Gasteiger charge is 2.41. The van der Waals surface area contributed by atoms with Crippen molar-refractivity contribution in [1.29, 1.82) is 0 Å². The number of aliphatic hydroxyl groups is 1. The van der Waals surface area contributed by atoms with Gasteiger partial charge in [0.15, 0.2) is 5.76 Å². The SMILES string of the molecule is COc1ccccc1CN1C(=O)C(O)=C(c2ccc(C)cc2)[C@H]1c1cccc(Br)c1. The fraction of sp³-hybridized carbons (Fsp3) is 0.160. The molecule has 0 unspecified atom stereocenters. The molecule has 30 heavy (non-hydrogen) atoms. The lowest BCUT2D eigenvalue weighted by Crippen LogP contribution is -2.30. The van der Waals surface area contributed by atoms with Gasteiger partial charge in [0.05, 0.1) is 19.7 Å². The first kappa shape index (κ1) is 20.2. The summed E-state index contributed by atoms with van der Waals surface area (Å²) in [5, 5.41) is 10.9. The van der Waals surface area contributed by atoms with E-state index in [1.807, 2.05) is 79.7 Å². The summed E-state index contributed by atoms with van der Waals surface area (Å²) in [4.78, 5) is 14.9. The molecule has 1 heterocycles. The maximum Gasteiger partial charge on any atom is 0.290 e. The van der Waals surface area contributed by atoms with E-state index >= 15 is 0 Å². The molecule has 1 N–H and O–H groups in total. The van der Waals surface area contributed by atoms with E-state index in [-0.39, 0.29) is 11.7 Å². The normalized spacial score (nSPS) is 16.3. The highest BCUT2D eigenvalue weighted by Crippen LogP contribution is 2.44. The van der Waals surface area contributed by atoms with Crippen molar-refractivity contribution >= 4 is 27.4 Å². The fourth-order valence-corrected chi connectivity index (χ4v) is 4.30. The van der Waals surface area contributed by atoms with Gasteiger partial charge in [0.1, 0.15) is 5.75 Å². The van der Waals surface area contributed by atoms with Crippen LogP contribution in [0, 0.1) is 6.92 Å². The van der Waals surface area contributed by atoms with Crippen molar-refractivity contribution in [2.75, 3.05) is 7.11 Å². The maximum atomic E-state index is 13.2. The summed E-state index contributed by atoms with van der Waals surface area (Å²) >= 11 is 3.53. The van der Waals surface area contributed by atoms with Crippen molar-refractivity contribution in [3.05, 3.63) is 105 Å². The standard InChI is InChI=1S/C25H22BrNO3/c1-16-10-12-17(13-11-16)22-23(18-7-5-8-20(26)14-18)27(25(29)24(22)28)15-19-6-3-4-9-21(19)30-2/h3-14,23,28H,15H2,1-2H3/t23-/m1/s1. The highest BCUT2D eigenvalue weighted by atomic mass is 79.9. The minimum absolute atomic E-state index is 0.210. The van der Waals surface area contributed by atoms with Gasteiger partial charge in [0.25, 0.3) is 5.91 Å². The first-order chi connectivity index (χ1) is 14.5. The van der Waals surface area contributed by atoms with Crippen LogP contribution < -0.4 is 4.74 Å². The molecule has 1 aliphatic heterocycles. The minimum atomic E-state index is -0.414. The number of carbonyl (C=O) groups excluding carboxylic acids is 1. The van der Waals surface area contributed by atoms with Gasteiger partial charge in [-0.05, 0) is 36.2 Å². The Morgan fingerprint density at radius 2 is 1.77 bits per heavy atom. The third-order valence-corrected chi connectivity index (χ3v) is 5.86. The summed E-state index contributed by atoms with van der Waals surface area (Å²) in [6, 6.07) is 22.9. The van der Waals surface area contributed by atoms with Crippen LogP contribution in [0.15, 0.2) is 83.0 Å². The number of benzene rings is 3. The van der Waals surface area contributed by atoms with Gasteiger partial charge in [-0.25, -0.2) is 0 Å². The van der Waals surface area contributed by atoms with Crippen LogP contribution in [0.4, 0.5) is 0 Å². The second-order valence-corrected chi connectivity index (χ2v) is 8.25. The van der Waals surface area contributed by atoms with Gasteiger partial charge in [-0.1, -0.05) is 76.1 Å². The van der Waals surface area contributed by atoms with E-state index in [0.717, 1.165) is 26.7 Å². The van der Waals surface area contributed by atoms with Gasteiger partial charge in [0.2, 0.25) is 0 Å². The smallest absolute Gasteiger partial charge is 0.290 e. The molecule has 3 aromatic carbocycles. The maximum absolute atomic E-state index is 13.2. The predicted octanol–water partition coefficient (Wildman–Crippen LogP) is 5.82. The summed E-state index contributed by atoms with van der Waals surface area (Å²) in [5.74, 6) is 0.113. The number of methoxy groups -OCH3 is 1. The molecule has 0 bridgehead atoms. The predicted molar refractivity (Wildman–Crippen MR) is 121 cm³/mol. The largest absolute Gasteiger partial charge is 0.503 e. The molecular weight excluding hydrogens is 442 g/mol. The lowest BCUT2D eigenvalue weighted by molar-refractivity contribution is -0.130. The molecule has 0 saturated heterocycles. The third kappa shape index (κ3) is 3.73. The van der Waals surface area contributed by atoms with Crippen LogP contribution in [0.2, 0.25) is 0 Å². The second kappa shape index (κ2) is 8.36. The molecule has 0 fully saturated rings. The van der Waals surface area contributed by atoms with Crippen LogP contribution >= 0.6 is 15.9 Å². The summed E-state index contributed by atoms with van der Waals surface area (Å²) in [5.41, 5.74) is 4.37. The van der Waals surface area contributed by atoms with Crippen molar-refractivity contribution in [2.45, 2.75) is 19.5 Å². The van der Waals surface area contributed by atoms with Crippen LogP contribution in [-0.4, -0.2) is 23.0 Å². The summed E-state index contributed by atoms with van der Waals surface area (Å²) in [6.45, 7) is 2.33. The zero-order valence-corrected chi connectivity index (χ0v) is 18.4. The zero-order valence-electron chi connectivity index (χ0n) is 16.8. The molecule has 3 aromatic rings. The van der Waals surface area contributed by atoms with E-state index in [0.29, 0.717) is 17.9 Å². The molecule has 1 atom stereocenters. The number of para-hydroxylation sites is 1. The molecule has 152 valence electrons. The fourth-order valence-electron chi connectivity index (χ4n) is 3.89. The first-order valence-corrected chi connectivity index (χ1v) is 10.5. The Hall–Kier alpha value is -3.05. The minimum Gasteiger partial charge on any atom is -0.503 e. The van der Waals surface area contributed by atoms with Gasteiger partial charge in [-0.3, -0.25) is 4.79 Å². The molecule has 1 aliphatic rings. The molecule has 4 rings (SSSR count). The van der Waals surface area contributed by atoms with Gasteiger partial charge in [0, 0.05) is 15.6 Å². The van der Waals surface area contributed by atoms with Gasteiger partial charge >= 0.3 is 0 Å². The topological polar surface area (TPSA) is 49.8 Å². The Morgan fingerprint density at radius 3 is 2.47 bits per heavy atom. The zero-order chi connectivity index (χ0) is 21.3. The van der Waals surface area contributed by atoms with Crippen LogP contribution in [-0.2, 0) is 11.3 Å². The average molecular weight is 464 g/mol. The van der Waals surface area contributed by atoms with Crippen molar-refractivity contribution in [3.63, 3.8) is 0 Å². The van der Waals surface area contributed by atoms with Crippen molar-refractivity contribution < 1.29 is 14.6 Å². The number of aliphatic hydroxyl groups excluding tert-OH is 1. The van der Waals surface area contributed by atoms with E-state index in [1.165, 1.54) is 0 Å². The number of rotatable bonds is 5. The number of aryl methyl sites for hydroxylation is 1. The van der Waals surface area contributed by atoms with Crippen molar-refractivity contribution in [1.82, 2.24) is 4.90 Å². The molecule has 0 radical (unpaired) electrons. The average Bonchev–Trinajstić information content (AvgIpc) is 3.00. The Bertz CT molecular complexity index is 1120. The number of hydrogen-bond donors (Lipinski definition) is 1. The van der Waals surface area contributed by atoms with Crippen molar-refractivity contribution in [3.8, 4) is 5.75 Å². The molecule has 4 nitrogen and oxygen atoms in total. The van der Waals surface area contributed by atoms with E-state index in [9.17, 15) is 9.90 Å². The molecule has 0 saturated carbocycles. The number of ether oxygens (including phenoxy) is 1. The molecule has 0 aromatic heterocycles. The van der Waals surface area contributed by atoms with Crippen molar-refractivity contribution in [2.24, 2.45) is 0 Å². The molecular formula is C25H22BrNO3. The van der Waals surface area contributed by atoms with Gasteiger partial charge < -0.3 is 14.7 Å². The number of halogens is 1. The second-order valence-electron chi connectivity index (χ2n) is 7.33. The number of nitrogens with zero attached hydrogens (tertiary/aromatic N) is 1. The van der Waals surface area contributed by atoms with Crippen LogP contribution in [0.3, 0.4) is 0 Å². The Morgan fingerprint density at radius 1 is 1.03 bits per heavy atom. The van der Waals surface area contributed by atoms with E-state index in [4.69, 9.17) is 4.74 Å². The van der Waals surface area contributed by atoms with Crippen LogP contribution in [0.25, 0.3) is 5.57 Å². The monoisotopic (exact) mass is 463 g/mol. The number of carbonyl (C=O) groups is 1. The summed E-state index contributed by atoms with van der Waals surface area (Å²) in [7, 11) is 1.61. The van der Waals surface area contributed by atoms with Crippen LogP contribution in [0.1, 0.15) is 28.3 Å². The summed E-state index contributed by atoms with van der Waals surface area (Å²) < 4.78 is 6.40. The van der Waals surface area contributed by atoms with Gasteiger partial charge in [-0.15, -0.1) is 0 Å². The first-order valence-electron chi connectivity index (χ1n) is 9.68. The lowest BCUT2D eigenvalue weighted by atomic mass is 9.93. The quantitative estimate of drug-likeness (QED) is 0.518. The van der Waals surface area contributed by atoms with Crippen LogP contribution in [0.5, 0.6) is 5.75 Å². The summed E-state index contributed by atoms with van der Waals surface area (Å²) in [6.07, 6.45) is 0. The number of amides is 1. The Labute approximate surface area is 184 Å². The molecule has 0 spiro atoms. The Balaban J connectivity index is 1.83. The van der Waals surface area contributed by atoms with E-state index in [1.54, 1.807) is 12.0 Å². The number of hydrogen-bond acceptors (Lipinski definition) is 3. The van der Waals surface area contributed by atoms with E-state index in [2.05, 4.69) is 15.9 Å². The highest BCUT2D eigenvalue weighted by molar-refractivity contribution is 9.10. The van der Waals surface area contributed by atoms with E-state index < -0.39 is 6.04 Å². The third-order valence-electron chi connectivity index (χ3n) is 5.36. The lowest BCUT2D eigenvalue weighted by Gasteiger charge is -2.28. The molecule has 5 heteroatoms. The molecule has 1 amide bonds. The van der Waals surface area contributed by atoms with Gasteiger partial charge in [-0.2, -0.15) is 0 Å². The molecule has 0 aliphatic carbocycles.